The maximum Gasteiger partial charge on any atom is 0.313 e. The molecule has 116 valence electrons. The molecule has 2 amide bonds. The summed E-state index contributed by atoms with van der Waals surface area (Å²) in [6, 6.07) is 0.127. The average Bonchev–Trinajstić information content (AvgIpc) is 2.66. The van der Waals surface area contributed by atoms with Gasteiger partial charge in [0.1, 0.15) is 0 Å². The van der Waals surface area contributed by atoms with Gasteiger partial charge in [-0.3, -0.25) is 14.3 Å². The molecule has 0 aliphatic heterocycles. The summed E-state index contributed by atoms with van der Waals surface area (Å²) in [6.07, 6.45) is 6.59. The molecule has 1 aromatic rings. The maximum absolute atomic E-state index is 12.0. The van der Waals surface area contributed by atoms with Crippen LogP contribution in [-0.2, 0) is 16.6 Å². The van der Waals surface area contributed by atoms with Crippen molar-refractivity contribution < 1.29 is 9.59 Å². The third-order valence-electron chi connectivity index (χ3n) is 4.14. The van der Waals surface area contributed by atoms with Crippen LogP contribution in [0.1, 0.15) is 49.9 Å². The van der Waals surface area contributed by atoms with Crippen LogP contribution in [0.2, 0.25) is 0 Å². The fourth-order valence-corrected chi connectivity index (χ4v) is 2.80. The lowest BCUT2D eigenvalue weighted by Crippen LogP contribution is -2.41. The molecule has 2 N–H and O–H groups in total. The third kappa shape index (κ3) is 3.83. The van der Waals surface area contributed by atoms with Gasteiger partial charge in [-0.15, -0.1) is 0 Å². The van der Waals surface area contributed by atoms with Crippen molar-refractivity contribution in [2.45, 2.75) is 58.4 Å². The minimum Gasteiger partial charge on any atom is -0.345 e. The van der Waals surface area contributed by atoms with E-state index >= 15 is 0 Å². The fraction of sp³-hybridized carbons (Fsp3) is 0.667. The molecule has 6 heteroatoms. The van der Waals surface area contributed by atoms with Gasteiger partial charge in [0.25, 0.3) is 0 Å². The first-order valence-corrected chi connectivity index (χ1v) is 7.61. The predicted molar refractivity (Wildman–Crippen MR) is 80.9 cm³/mol. The van der Waals surface area contributed by atoms with Crippen LogP contribution in [0, 0.1) is 13.8 Å². The highest BCUT2D eigenvalue weighted by atomic mass is 16.2. The topological polar surface area (TPSA) is 76.0 Å². The van der Waals surface area contributed by atoms with Gasteiger partial charge in [0.15, 0.2) is 0 Å². The Balaban J connectivity index is 1.94. The van der Waals surface area contributed by atoms with Crippen LogP contribution in [0.25, 0.3) is 0 Å². The number of rotatable bonds is 2. The van der Waals surface area contributed by atoms with E-state index in [2.05, 4.69) is 15.7 Å². The third-order valence-corrected chi connectivity index (χ3v) is 4.14. The molecule has 0 radical (unpaired) electrons. The van der Waals surface area contributed by atoms with Gasteiger partial charge < -0.3 is 10.6 Å². The number of aryl methyl sites for hydroxylation is 2. The predicted octanol–water partition coefficient (Wildman–Crippen LogP) is 1.81. The lowest BCUT2D eigenvalue weighted by atomic mass is 10.1. The van der Waals surface area contributed by atoms with Crippen LogP contribution in [0.3, 0.4) is 0 Å². The zero-order chi connectivity index (χ0) is 15.4. The van der Waals surface area contributed by atoms with Gasteiger partial charge in [0, 0.05) is 13.1 Å². The van der Waals surface area contributed by atoms with Gasteiger partial charge >= 0.3 is 11.8 Å². The minimum absolute atomic E-state index is 0.127. The summed E-state index contributed by atoms with van der Waals surface area (Å²) in [5.41, 5.74) is 2.17. The molecule has 0 saturated heterocycles. The molecule has 0 unspecified atom stereocenters. The van der Waals surface area contributed by atoms with Crippen LogP contribution in [0.4, 0.5) is 5.69 Å². The van der Waals surface area contributed by atoms with Crippen molar-refractivity contribution in [3.05, 3.63) is 11.4 Å². The van der Waals surface area contributed by atoms with Crippen LogP contribution in [0.5, 0.6) is 0 Å². The van der Waals surface area contributed by atoms with Crippen molar-refractivity contribution in [2.24, 2.45) is 7.05 Å². The highest BCUT2D eigenvalue weighted by molar-refractivity contribution is 6.39. The Morgan fingerprint density at radius 3 is 2.24 bits per heavy atom. The molecule has 1 saturated carbocycles. The second-order valence-electron chi connectivity index (χ2n) is 5.79. The van der Waals surface area contributed by atoms with Crippen LogP contribution in [0.15, 0.2) is 0 Å². The van der Waals surface area contributed by atoms with E-state index in [4.69, 9.17) is 0 Å². The fourth-order valence-electron chi connectivity index (χ4n) is 2.80. The first kappa shape index (κ1) is 15.5. The number of anilines is 1. The second kappa shape index (κ2) is 6.74. The SMILES string of the molecule is Cc1nn(C)c(C)c1NC(=O)C(=O)NC1CCCCCC1. The summed E-state index contributed by atoms with van der Waals surface area (Å²) < 4.78 is 1.69. The number of nitrogens with zero attached hydrogens (tertiary/aromatic N) is 2. The van der Waals surface area contributed by atoms with Gasteiger partial charge in [-0.1, -0.05) is 25.7 Å². The number of carbonyl (C=O) groups excluding carboxylic acids is 2. The number of carbonyl (C=O) groups is 2. The summed E-state index contributed by atoms with van der Waals surface area (Å²) in [6.45, 7) is 3.67. The smallest absolute Gasteiger partial charge is 0.313 e. The molecule has 0 atom stereocenters. The zero-order valence-corrected chi connectivity index (χ0v) is 13.0. The molecule has 0 spiro atoms. The number of aromatic nitrogens is 2. The maximum atomic E-state index is 12.0. The van der Waals surface area contributed by atoms with E-state index in [1.165, 1.54) is 12.8 Å². The molecule has 1 fully saturated rings. The summed E-state index contributed by atoms with van der Waals surface area (Å²) in [7, 11) is 1.81. The highest BCUT2D eigenvalue weighted by Gasteiger charge is 2.21. The molecule has 1 aliphatic rings. The first-order chi connectivity index (χ1) is 9.99. The van der Waals surface area contributed by atoms with Gasteiger partial charge in [-0.25, -0.2) is 0 Å². The standard InChI is InChI=1S/C15H24N4O2/c1-10-13(11(2)19(3)18-10)17-15(21)14(20)16-12-8-6-4-5-7-9-12/h12H,4-9H2,1-3H3,(H,16,20)(H,17,21). The molecule has 21 heavy (non-hydrogen) atoms. The molecular formula is C15H24N4O2. The molecule has 2 rings (SSSR count). The van der Waals surface area contributed by atoms with Crippen LogP contribution in [-0.4, -0.2) is 27.6 Å². The quantitative estimate of drug-likeness (QED) is 0.645. The summed E-state index contributed by atoms with van der Waals surface area (Å²) in [5, 5.41) is 9.74. The van der Waals surface area contributed by atoms with E-state index < -0.39 is 11.8 Å². The number of hydrogen-bond donors (Lipinski definition) is 2. The second-order valence-corrected chi connectivity index (χ2v) is 5.79. The van der Waals surface area contributed by atoms with Crippen LogP contribution < -0.4 is 10.6 Å². The van der Waals surface area contributed by atoms with E-state index in [9.17, 15) is 9.59 Å². The van der Waals surface area contributed by atoms with Crippen molar-refractivity contribution in [1.82, 2.24) is 15.1 Å². The summed E-state index contributed by atoms with van der Waals surface area (Å²) in [4.78, 5) is 24.0. The van der Waals surface area contributed by atoms with Crippen molar-refractivity contribution in [3.63, 3.8) is 0 Å². The Kier molecular flexibility index (Phi) is 4.98. The molecule has 0 aromatic carbocycles. The molecule has 0 bridgehead atoms. The average molecular weight is 292 g/mol. The number of hydrogen-bond acceptors (Lipinski definition) is 3. The van der Waals surface area contributed by atoms with Gasteiger partial charge in [0.05, 0.1) is 17.1 Å². The molecular weight excluding hydrogens is 268 g/mol. The Bertz CT molecular complexity index is 528. The van der Waals surface area contributed by atoms with Gasteiger partial charge in [-0.05, 0) is 26.7 Å². The Morgan fingerprint density at radius 2 is 1.71 bits per heavy atom. The number of nitrogens with one attached hydrogen (secondary N) is 2. The lowest BCUT2D eigenvalue weighted by molar-refractivity contribution is -0.136. The number of amides is 2. The van der Waals surface area contributed by atoms with E-state index in [0.717, 1.165) is 31.4 Å². The van der Waals surface area contributed by atoms with Crippen molar-refractivity contribution in [3.8, 4) is 0 Å². The summed E-state index contributed by atoms with van der Waals surface area (Å²) in [5.74, 6) is -1.16. The molecule has 1 aromatic heterocycles. The monoisotopic (exact) mass is 292 g/mol. The Hall–Kier alpha value is -1.85. The molecule has 1 heterocycles. The molecule has 6 nitrogen and oxygen atoms in total. The first-order valence-electron chi connectivity index (χ1n) is 7.61. The highest BCUT2D eigenvalue weighted by Crippen LogP contribution is 2.19. The largest absolute Gasteiger partial charge is 0.345 e. The normalized spacial score (nSPS) is 16.3. The Morgan fingerprint density at radius 1 is 1.10 bits per heavy atom. The minimum atomic E-state index is -0.613. The lowest BCUT2D eigenvalue weighted by Gasteiger charge is -2.15. The van der Waals surface area contributed by atoms with Gasteiger partial charge in [0.2, 0.25) is 0 Å². The Labute approximate surface area is 125 Å². The van der Waals surface area contributed by atoms with Gasteiger partial charge in [-0.2, -0.15) is 5.10 Å². The van der Waals surface area contributed by atoms with Crippen molar-refractivity contribution in [1.29, 1.82) is 0 Å². The van der Waals surface area contributed by atoms with Crippen LogP contribution >= 0.6 is 0 Å². The van der Waals surface area contributed by atoms with Crippen molar-refractivity contribution >= 4 is 17.5 Å². The van der Waals surface area contributed by atoms with E-state index in [-0.39, 0.29) is 6.04 Å². The zero-order valence-electron chi connectivity index (χ0n) is 13.0. The van der Waals surface area contributed by atoms with E-state index in [0.29, 0.717) is 11.4 Å². The summed E-state index contributed by atoms with van der Waals surface area (Å²) >= 11 is 0. The van der Waals surface area contributed by atoms with E-state index in [1.54, 1.807) is 4.68 Å². The van der Waals surface area contributed by atoms with Crippen molar-refractivity contribution in [2.75, 3.05) is 5.32 Å². The van der Waals surface area contributed by atoms with E-state index in [1.807, 2.05) is 20.9 Å². The molecule has 1 aliphatic carbocycles.